The first-order valence-electron chi connectivity index (χ1n) is 7.40. The van der Waals surface area contributed by atoms with Crippen molar-refractivity contribution in [1.82, 2.24) is 15.3 Å². The minimum absolute atomic E-state index is 0. The molecule has 0 radical (unpaired) electrons. The van der Waals surface area contributed by atoms with Gasteiger partial charge in [-0.15, -0.1) is 12.4 Å². The predicted octanol–water partition coefficient (Wildman–Crippen LogP) is 2.93. The molecule has 0 unspecified atom stereocenters. The first-order chi connectivity index (χ1) is 10.7. The molecule has 1 aliphatic heterocycles. The summed E-state index contributed by atoms with van der Waals surface area (Å²) in [5.41, 5.74) is 0.997. The summed E-state index contributed by atoms with van der Waals surface area (Å²) in [5, 5.41) is 4.07. The summed E-state index contributed by atoms with van der Waals surface area (Å²) in [7, 11) is 0. The molecular weight excluding hydrogens is 335 g/mol. The maximum atomic E-state index is 5.97. The summed E-state index contributed by atoms with van der Waals surface area (Å²) < 4.78 is 5.69. The summed E-state index contributed by atoms with van der Waals surface area (Å²) in [5.74, 6) is 0.907. The smallest absolute Gasteiger partial charge is 0.318 e. The third kappa shape index (κ3) is 4.70. The number of nitrogens with one attached hydrogen (secondary N) is 1. The van der Waals surface area contributed by atoms with Crippen LogP contribution in [-0.2, 0) is 6.61 Å². The van der Waals surface area contributed by atoms with Crippen molar-refractivity contribution in [2.24, 2.45) is 0 Å². The van der Waals surface area contributed by atoms with Crippen LogP contribution in [-0.4, -0.2) is 35.6 Å². The number of benzene rings is 1. The molecule has 0 saturated carbocycles. The highest BCUT2D eigenvalue weighted by Crippen LogP contribution is 2.18. The van der Waals surface area contributed by atoms with Crippen molar-refractivity contribution < 1.29 is 4.74 Å². The van der Waals surface area contributed by atoms with E-state index in [0.717, 1.165) is 31.0 Å². The summed E-state index contributed by atoms with van der Waals surface area (Å²) in [4.78, 5) is 11.0. The number of rotatable bonds is 4. The number of nitrogens with zero attached hydrogens (tertiary/aromatic N) is 3. The molecule has 5 nitrogen and oxygen atoms in total. The van der Waals surface area contributed by atoms with Crippen LogP contribution in [0, 0.1) is 0 Å². The minimum atomic E-state index is 0. The SMILES string of the molecule is C[C@@H]1CNCCN1c1ccnc(OCc2cccc(Cl)c2)n1.Cl. The van der Waals surface area contributed by atoms with Crippen LogP contribution in [0.5, 0.6) is 6.01 Å². The molecule has 0 spiro atoms. The number of anilines is 1. The van der Waals surface area contributed by atoms with Gasteiger partial charge in [0.2, 0.25) is 0 Å². The molecule has 1 atom stereocenters. The zero-order chi connectivity index (χ0) is 15.4. The molecule has 3 rings (SSSR count). The zero-order valence-electron chi connectivity index (χ0n) is 12.9. The van der Waals surface area contributed by atoms with Crippen molar-refractivity contribution in [2.75, 3.05) is 24.5 Å². The summed E-state index contributed by atoms with van der Waals surface area (Å²) in [6.45, 7) is 5.45. The zero-order valence-corrected chi connectivity index (χ0v) is 14.5. The average Bonchev–Trinajstić information content (AvgIpc) is 2.54. The molecule has 0 aliphatic carbocycles. The Morgan fingerprint density at radius 1 is 1.39 bits per heavy atom. The van der Waals surface area contributed by atoms with E-state index < -0.39 is 0 Å². The molecular formula is C16H20Cl2N4O. The van der Waals surface area contributed by atoms with Crippen LogP contribution in [0.3, 0.4) is 0 Å². The van der Waals surface area contributed by atoms with Crippen LogP contribution >= 0.6 is 24.0 Å². The molecule has 1 aromatic heterocycles. The monoisotopic (exact) mass is 354 g/mol. The molecule has 1 fully saturated rings. The second kappa shape index (κ2) is 8.34. The van der Waals surface area contributed by atoms with Gasteiger partial charge in [-0.1, -0.05) is 23.7 Å². The molecule has 1 saturated heterocycles. The molecule has 0 bridgehead atoms. The second-order valence-corrected chi connectivity index (χ2v) is 5.80. The lowest BCUT2D eigenvalue weighted by atomic mass is 10.2. The van der Waals surface area contributed by atoms with Gasteiger partial charge in [0.15, 0.2) is 0 Å². The number of hydrogen-bond donors (Lipinski definition) is 1. The van der Waals surface area contributed by atoms with Crippen molar-refractivity contribution in [3.63, 3.8) is 0 Å². The third-order valence-corrected chi connectivity index (χ3v) is 3.91. The van der Waals surface area contributed by atoms with Crippen LogP contribution in [0.4, 0.5) is 5.82 Å². The molecule has 2 heterocycles. The molecule has 1 aromatic carbocycles. The van der Waals surface area contributed by atoms with E-state index in [2.05, 4.69) is 27.1 Å². The Morgan fingerprint density at radius 2 is 2.26 bits per heavy atom. The highest BCUT2D eigenvalue weighted by Gasteiger charge is 2.19. The first-order valence-corrected chi connectivity index (χ1v) is 7.78. The molecule has 1 aliphatic rings. The standard InChI is InChI=1S/C16H19ClN4O.ClH/c1-12-10-18-7-8-21(12)15-5-6-19-16(20-15)22-11-13-3-2-4-14(17)9-13;/h2-6,9,12,18H,7-8,10-11H2,1H3;1H/t12-;/m1./s1. The Balaban J connectivity index is 0.00000192. The number of piperazine rings is 1. The quantitative estimate of drug-likeness (QED) is 0.914. The fourth-order valence-corrected chi connectivity index (χ4v) is 2.73. The average molecular weight is 355 g/mol. The first kappa shape index (κ1) is 17.8. The van der Waals surface area contributed by atoms with E-state index in [-0.39, 0.29) is 12.4 Å². The second-order valence-electron chi connectivity index (χ2n) is 5.36. The van der Waals surface area contributed by atoms with E-state index in [1.54, 1.807) is 6.20 Å². The van der Waals surface area contributed by atoms with E-state index in [9.17, 15) is 0 Å². The highest BCUT2D eigenvalue weighted by molar-refractivity contribution is 6.30. The maximum Gasteiger partial charge on any atom is 0.318 e. The van der Waals surface area contributed by atoms with Gasteiger partial charge in [-0.25, -0.2) is 4.98 Å². The van der Waals surface area contributed by atoms with Gasteiger partial charge in [-0.2, -0.15) is 4.98 Å². The number of ether oxygens (including phenoxy) is 1. The number of aromatic nitrogens is 2. The number of hydrogen-bond acceptors (Lipinski definition) is 5. The van der Waals surface area contributed by atoms with Gasteiger partial charge in [0.25, 0.3) is 0 Å². The Labute approximate surface area is 147 Å². The highest BCUT2D eigenvalue weighted by atomic mass is 35.5. The van der Waals surface area contributed by atoms with E-state index in [1.807, 2.05) is 30.3 Å². The Bertz CT molecular complexity index is 641. The van der Waals surface area contributed by atoms with Gasteiger partial charge in [0.05, 0.1) is 0 Å². The summed E-state index contributed by atoms with van der Waals surface area (Å²) in [6, 6.07) is 10.3. The fraction of sp³-hybridized carbons (Fsp3) is 0.375. The fourth-order valence-electron chi connectivity index (χ4n) is 2.52. The van der Waals surface area contributed by atoms with Crippen molar-refractivity contribution in [1.29, 1.82) is 0 Å². The Kier molecular flexibility index (Phi) is 6.45. The topological polar surface area (TPSA) is 50.3 Å². The van der Waals surface area contributed by atoms with Crippen LogP contribution in [0.2, 0.25) is 5.02 Å². The lowest BCUT2D eigenvalue weighted by Crippen LogP contribution is -2.50. The van der Waals surface area contributed by atoms with E-state index in [1.165, 1.54) is 0 Å². The van der Waals surface area contributed by atoms with E-state index in [4.69, 9.17) is 16.3 Å². The maximum absolute atomic E-state index is 5.97. The van der Waals surface area contributed by atoms with Crippen LogP contribution in [0.15, 0.2) is 36.5 Å². The van der Waals surface area contributed by atoms with Crippen LogP contribution in [0.25, 0.3) is 0 Å². The summed E-state index contributed by atoms with van der Waals surface area (Å²) in [6.07, 6.45) is 1.74. The van der Waals surface area contributed by atoms with Gasteiger partial charge in [-0.3, -0.25) is 0 Å². The molecule has 124 valence electrons. The number of halogens is 2. The Hall–Kier alpha value is -1.56. The molecule has 23 heavy (non-hydrogen) atoms. The lowest BCUT2D eigenvalue weighted by Gasteiger charge is -2.34. The third-order valence-electron chi connectivity index (χ3n) is 3.67. The Morgan fingerprint density at radius 3 is 3.04 bits per heavy atom. The van der Waals surface area contributed by atoms with Crippen molar-refractivity contribution in [3.05, 3.63) is 47.1 Å². The minimum Gasteiger partial charge on any atom is -0.459 e. The molecule has 0 amide bonds. The lowest BCUT2D eigenvalue weighted by molar-refractivity contribution is 0.280. The largest absolute Gasteiger partial charge is 0.459 e. The van der Waals surface area contributed by atoms with E-state index in [0.29, 0.717) is 23.7 Å². The molecule has 2 aromatic rings. The summed E-state index contributed by atoms with van der Waals surface area (Å²) >= 11 is 5.97. The van der Waals surface area contributed by atoms with Crippen LogP contribution < -0.4 is 15.0 Å². The van der Waals surface area contributed by atoms with Gasteiger partial charge >= 0.3 is 6.01 Å². The van der Waals surface area contributed by atoms with Gasteiger partial charge in [-0.05, 0) is 30.7 Å². The van der Waals surface area contributed by atoms with Crippen molar-refractivity contribution in [2.45, 2.75) is 19.6 Å². The van der Waals surface area contributed by atoms with Gasteiger partial charge < -0.3 is 15.0 Å². The molecule has 7 heteroatoms. The van der Waals surface area contributed by atoms with Gasteiger partial charge in [0.1, 0.15) is 12.4 Å². The normalized spacial score (nSPS) is 17.5. The predicted molar refractivity (Wildman–Crippen MR) is 94.7 cm³/mol. The van der Waals surface area contributed by atoms with Crippen molar-refractivity contribution in [3.8, 4) is 6.01 Å². The van der Waals surface area contributed by atoms with Crippen LogP contribution in [0.1, 0.15) is 12.5 Å². The van der Waals surface area contributed by atoms with Crippen molar-refractivity contribution >= 4 is 29.8 Å². The van der Waals surface area contributed by atoms with Gasteiger partial charge in [0, 0.05) is 36.9 Å². The van der Waals surface area contributed by atoms with E-state index >= 15 is 0 Å². The molecule has 1 N–H and O–H groups in total.